The van der Waals surface area contributed by atoms with E-state index in [0.29, 0.717) is 18.3 Å². The van der Waals surface area contributed by atoms with E-state index in [2.05, 4.69) is 26.1 Å². The molecule has 25 heavy (non-hydrogen) atoms. The Hall–Kier alpha value is -2.67. The first-order valence-corrected chi connectivity index (χ1v) is 8.47. The number of aromatic amines is 1. The Bertz CT molecular complexity index is 722. The normalized spacial score (nSPS) is 19.1. The van der Waals surface area contributed by atoms with Crippen LogP contribution in [0.3, 0.4) is 0 Å². The highest BCUT2D eigenvalue weighted by Crippen LogP contribution is 2.36. The van der Waals surface area contributed by atoms with E-state index in [4.69, 9.17) is 0 Å². The Morgan fingerprint density at radius 1 is 1.24 bits per heavy atom. The molecule has 132 valence electrons. The fourth-order valence-corrected chi connectivity index (χ4v) is 2.99. The highest BCUT2D eigenvalue weighted by atomic mass is 16.2. The minimum absolute atomic E-state index is 0.00372. The molecule has 0 aliphatic heterocycles. The number of benzene rings is 1. The maximum absolute atomic E-state index is 12.0. The molecule has 2 aromatic rings. The highest BCUT2D eigenvalue weighted by molar-refractivity contribution is 5.91. The van der Waals surface area contributed by atoms with E-state index in [9.17, 15) is 9.59 Å². The van der Waals surface area contributed by atoms with E-state index >= 15 is 0 Å². The van der Waals surface area contributed by atoms with Crippen molar-refractivity contribution >= 4 is 17.6 Å². The summed E-state index contributed by atoms with van der Waals surface area (Å²) < 4.78 is 0. The number of carbonyl (C=O) groups excluding carboxylic acids is 2. The van der Waals surface area contributed by atoms with E-state index in [0.717, 1.165) is 24.1 Å². The number of hydrogen-bond donors (Lipinski definition) is 4. The maximum atomic E-state index is 12.0. The molecule has 1 heterocycles. The quantitative estimate of drug-likeness (QED) is 0.613. The van der Waals surface area contributed by atoms with Crippen LogP contribution < -0.4 is 16.0 Å². The van der Waals surface area contributed by atoms with Gasteiger partial charge in [-0.1, -0.05) is 30.3 Å². The Morgan fingerprint density at radius 3 is 2.72 bits per heavy atom. The lowest BCUT2D eigenvalue weighted by atomic mass is 9.78. The van der Waals surface area contributed by atoms with Crippen LogP contribution in [0, 0.1) is 0 Å². The molecule has 0 bridgehead atoms. The first-order valence-electron chi connectivity index (χ1n) is 8.47. The lowest BCUT2D eigenvalue weighted by Gasteiger charge is -2.34. The number of amides is 2. The number of carbonyl (C=O) groups is 2. The number of nitrogens with zero attached hydrogens (tertiary/aromatic N) is 1. The fourth-order valence-electron chi connectivity index (χ4n) is 2.99. The molecule has 1 aliphatic rings. The van der Waals surface area contributed by atoms with Crippen LogP contribution in [0.15, 0.2) is 36.4 Å². The number of anilines is 1. The number of nitrogens with one attached hydrogen (secondary N) is 4. The van der Waals surface area contributed by atoms with Crippen molar-refractivity contribution in [3.8, 4) is 0 Å². The van der Waals surface area contributed by atoms with E-state index in [1.165, 1.54) is 6.92 Å². The Morgan fingerprint density at radius 2 is 2.00 bits per heavy atom. The van der Waals surface area contributed by atoms with Gasteiger partial charge < -0.3 is 16.0 Å². The Labute approximate surface area is 146 Å². The van der Waals surface area contributed by atoms with Crippen molar-refractivity contribution in [2.24, 2.45) is 0 Å². The number of aromatic nitrogens is 2. The molecule has 1 aromatic heterocycles. The van der Waals surface area contributed by atoms with Gasteiger partial charge in [0, 0.05) is 37.2 Å². The summed E-state index contributed by atoms with van der Waals surface area (Å²) in [6, 6.07) is 12.0. The predicted molar refractivity (Wildman–Crippen MR) is 94.9 cm³/mol. The average molecular weight is 341 g/mol. The highest BCUT2D eigenvalue weighted by Gasteiger charge is 2.32. The second kappa shape index (κ2) is 7.94. The SMILES string of the molecule is CC(=O)NC1CC(c2cc(NC(=O)CNCc3ccccc3)n[nH]2)C1. The molecule has 2 amide bonds. The van der Waals surface area contributed by atoms with Gasteiger partial charge in [0.25, 0.3) is 0 Å². The van der Waals surface area contributed by atoms with Crippen LogP contribution in [0.4, 0.5) is 5.82 Å². The molecule has 4 N–H and O–H groups in total. The second-order valence-electron chi connectivity index (χ2n) is 6.41. The molecule has 0 spiro atoms. The van der Waals surface area contributed by atoms with Crippen LogP contribution >= 0.6 is 0 Å². The van der Waals surface area contributed by atoms with Gasteiger partial charge in [0.15, 0.2) is 5.82 Å². The van der Waals surface area contributed by atoms with Crippen molar-refractivity contribution in [1.29, 1.82) is 0 Å². The largest absolute Gasteiger partial charge is 0.354 e. The average Bonchev–Trinajstić information content (AvgIpc) is 2.99. The smallest absolute Gasteiger partial charge is 0.239 e. The van der Waals surface area contributed by atoms with Gasteiger partial charge in [0.1, 0.15) is 0 Å². The summed E-state index contributed by atoms with van der Waals surface area (Å²) in [5.41, 5.74) is 2.13. The van der Waals surface area contributed by atoms with Crippen LogP contribution in [0.5, 0.6) is 0 Å². The fraction of sp³-hybridized carbons (Fsp3) is 0.389. The molecule has 1 aromatic carbocycles. The van der Waals surface area contributed by atoms with Gasteiger partial charge in [0.05, 0.1) is 6.54 Å². The molecular weight excluding hydrogens is 318 g/mol. The first kappa shape index (κ1) is 17.2. The Balaban J connectivity index is 1.39. The number of hydrogen-bond acceptors (Lipinski definition) is 4. The van der Waals surface area contributed by atoms with E-state index < -0.39 is 0 Å². The van der Waals surface area contributed by atoms with Crippen molar-refractivity contribution in [3.05, 3.63) is 47.7 Å². The van der Waals surface area contributed by atoms with Crippen molar-refractivity contribution in [2.75, 3.05) is 11.9 Å². The van der Waals surface area contributed by atoms with E-state index in [1.54, 1.807) is 0 Å². The zero-order valence-corrected chi connectivity index (χ0v) is 14.2. The molecule has 0 unspecified atom stereocenters. The summed E-state index contributed by atoms with van der Waals surface area (Å²) in [6.07, 6.45) is 1.79. The van der Waals surface area contributed by atoms with Crippen LogP contribution in [0.25, 0.3) is 0 Å². The molecule has 1 aliphatic carbocycles. The lowest BCUT2D eigenvalue weighted by molar-refractivity contribution is -0.120. The summed E-state index contributed by atoms with van der Waals surface area (Å²) >= 11 is 0. The van der Waals surface area contributed by atoms with Crippen LogP contribution in [-0.2, 0) is 16.1 Å². The molecule has 1 fully saturated rings. The van der Waals surface area contributed by atoms with Crippen molar-refractivity contribution in [1.82, 2.24) is 20.8 Å². The summed E-state index contributed by atoms with van der Waals surface area (Å²) in [7, 11) is 0. The lowest BCUT2D eigenvalue weighted by Crippen LogP contribution is -2.42. The van der Waals surface area contributed by atoms with Crippen molar-refractivity contribution in [3.63, 3.8) is 0 Å². The number of H-pyrrole nitrogens is 1. The van der Waals surface area contributed by atoms with Crippen molar-refractivity contribution in [2.45, 2.75) is 38.3 Å². The van der Waals surface area contributed by atoms with Gasteiger partial charge in [-0.05, 0) is 18.4 Å². The third-order valence-electron chi connectivity index (χ3n) is 4.31. The third kappa shape index (κ3) is 4.90. The van der Waals surface area contributed by atoms with Gasteiger partial charge in [-0.2, -0.15) is 5.10 Å². The van der Waals surface area contributed by atoms with Crippen molar-refractivity contribution < 1.29 is 9.59 Å². The molecule has 0 atom stereocenters. The van der Waals surface area contributed by atoms with Gasteiger partial charge in [0.2, 0.25) is 11.8 Å². The summed E-state index contributed by atoms with van der Waals surface area (Å²) in [6.45, 7) is 2.40. The number of rotatable bonds is 7. The van der Waals surface area contributed by atoms with Crippen LogP contribution in [-0.4, -0.2) is 34.6 Å². The minimum atomic E-state index is -0.126. The first-order chi connectivity index (χ1) is 12.1. The molecule has 0 radical (unpaired) electrons. The third-order valence-corrected chi connectivity index (χ3v) is 4.31. The molecule has 0 saturated heterocycles. The van der Waals surface area contributed by atoms with Crippen LogP contribution in [0.1, 0.15) is 36.9 Å². The standard InChI is InChI=1S/C18H23N5O2/c1-12(24)20-15-7-14(8-15)16-9-17(23-22-16)21-18(25)11-19-10-13-5-3-2-4-6-13/h2-6,9,14-15,19H,7-8,10-11H2,1H3,(H,20,24)(H2,21,22,23,25). The topological polar surface area (TPSA) is 98.9 Å². The maximum Gasteiger partial charge on any atom is 0.239 e. The minimum Gasteiger partial charge on any atom is -0.354 e. The van der Waals surface area contributed by atoms with E-state index in [-0.39, 0.29) is 24.4 Å². The van der Waals surface area contributed by atoms with Gasteiger partial charge in [-0.3, -0.25) is 14.7 Å². The van der Waals surface area contributed by atoms with Gasteiger partial charge in [-0.25, -0.2) is 0 Å². The summed E-state index contributed by atoms with van der Waals surface area (Å²) in [5, 5.41) is 15.9. The molecule has 7 heteroatoms. The molecule has 1 saturated carbocycles. The summed E-state index contributed by atoms with van der Waals surface area (Å²) in [5.74, 6) is 0.762. The molecule has 3 rings (SSSR count). The monoisotopic (exact) mass is 341 g/mol. The van der Waals surface area contributed by atoms with E-state index in [1.807, 2.05) is 36.4 Å². The second-order valence-corrected chi connectivity index (χ2v) is 6.41. The molecule has 7 nitrogen and oxygen atoms in total. The van der Waals surface area contributed by atoms with Gasteiger partial charge >= 0.3 is 0 Å². The zero-order valence-electron chi connectivity index (χ0n) is 14.2. The Kier molecular flexibility index (Phi) is 5.45. The zero-order chi connectivity index (χ0) is 17.6. The summed E-state index contributed by atoms with van der Waals surface area (Å²) in [4.78, 5) is 23.0. The van der Waals surface area contributed by atoms with Gasteiger partial charge in [-0.15, -0.1) is 0 Å². The van der Waals surface area contributed by atoms with Crippen LogP contribution in [0.2, 0.25) is 0 Å². The predicted octanol–water partition coefficient (Wildman–Crippen LogP) is 1.52. The molecular formula is C18H23N5O2.